The third-order valence-corrected chi connectivity index (χ3v) is 3.66. The van der Waals surface area contributed by atoms with Crippen LogP contribution in [0.3, 0.4) is 0 Å². The molecule has 1 amide bonds. The van der Waals surface area contributed by atoms with Gasteiger partial charge in [-0.2, -0.15) is 0 Å². The summed E-state index contributed by atoms with van der Waals surface area (Å²) in [6, 6.07) is 2.09. The lowest BCUT2D eigenvalue weighted by Gasteiger charge is -2.24. The molecule has 4 heteroatoms. The van der Waals surface area contributed by atoms with Crippen LogP contribution in [0.5, 0.6) is 0 Å². The molecule has 0 aliphatic rings. The molecule has 0 bridgehead atoms. The number of rotatable bonds is 3. The number of carbonyl (C=O) groups is 1. The van der Waals surface area contributed by atoms with Crippen LogP contribution in [0.4, 0.5) is 4.79 Å². The molecule has 1 rings (SSSR count). The van der Waals surface area contributed by atoms with Gasteiger partial charge < -0.3 is 5.32 Å². The van der Waals surface area contributed by atoms with Crippen LogP contribution < -0.4 is 5.32 Å². The van der Waals surface area contributed by atoms with Gasteiger partial charge in [-0.1, -0.05) is 13.8 Å². The second-order valence-electron chi connectivity index (χ2n) is 3.94. The van der Waals surface area contributed by atoms with Crippen molar-refractivity contribution in [1.82, 2.24) is 5.32 Å². The molecule has 0 spiro atoms. The highest BCUT2D eigenvalue weighted by Gasteiger charge is 2.24. The number of amides is 1. The van der Waals surface area contributed by atoms with E-state index in [0.29, 0.717) is 6.54 Å². The Balaban J connectivity index is 2.75. The first-order chi connectivity index (χ1) is 6.43. The van der Waals surface area contributed by atoms with Gasteiger partial charge in [-0.15, -0.1) is 11.3 Å². The van der Waals surface area contributed by atoms with Crippen molar-refractivity contribution < 1.29 is 4.79 Å². The van der Waals surface area contributed by atoms with Crippen molar-refractivity contribution in [3.63, 3.8) is 0 Å². The van der Waals surface area contributed by atoms with Crippen molar-refractivity contribution in [2.75, 3.05) is 6.54 Å². The summed E-state index contributed by atoms with van der Waals surface area (Å²) in [7, 11) is 0. The molecular weight excluding hydrogens is 218 g/mol. The number of carbonyl (C=O) groups excluding carboxylic acids is 1. The van der Waals surface area contributed by atoms with Crippen LogP contribution in [0.25, 0.3) is 0 Å². The van der Waals surface area contributed by atoms with E-state index >= 15 is 0 Å². The molecule has 0 fully saturated rings. The summed E-state index contributed by atoms with van der Waals surface area (Å²) in [6.07, 6.45) is 0. The number of hydrogen-bond donors (Lipinski definition) is 1. The minimum atomic E-state index is -0.493. The maximum Gasteiger partial charge on any atom is 0.313 e. The van der Waals surface area contributed by atoms with Crippen molar-refractivity contribution in [3.8, 4) is 0 Å². The van der Waals surface area contributed by atoms with Crippen molar-refractivity contribution in [1.29, 1.82) is 0 Å². The predicted molar refractivity (Wildman–Crippen MR) is 61.3 cm³/mol. The minimum absolute atomic E-state index is 0.0528. The minimum Gasteiger partial charge on any atom is -0.342 e. The zero-order valence-corrected chi connectivity index (χ0v) is 10.1. The summed E-state index contributed by atoms with van der Waals surface area (Å²) in [5, 5.41) is 4.21. The van der Waals surface area contributed by atoms with Crippen molar-refractivity contribution in [3.05, 3.63) is 21.9 Å². The van der Waals surface area contributed by atoms with Crippen LogP contribution in [-0.2, 0) is 5.41 Å². The first kappa shape index (κ1) is 11.5. The second kappa shape index (κ2) is 4.32. The van der Waals surface area contributed by atoms with Crippen LogP contribution in [0.2, 0.25) is 0 Å². The highest BCUT2D eigenvalue weighted by Crippen LogP contribution is 2.30. The van der Waals surface area contributed by atoms with Gasteiger partial charge in [0.15, 0.2) is 0 Å². The molecule has 0 atom stereocenters. The molecule has 0 aliphatic heterocycles. The van der Waals surface area contributed by atoms with E-state index in [1.165, 1.54) is 10.4 Å². The Labute approximate surface area is 93.3 Å². The van der Waals surface area contributed by atoms with Gasteiger partial charge in [-0.25, -0.2) is 0 Å². The predicted octanol–water partition coefficient (Wildman–Crippen LogP) is 3.28. The molecule has 2 nitrogen and oxygen atoms in total. The third-order valence-electron chi connectivity index (χ3n) is 2.15. The van der Waals surface area contributed by atoms with Gasteiger partial charge in [0.25, 0.3) is 0 Å². The van der Waals surface area contributed by atoms with Gasteiger partial charge >= 0.3 is 5.37 Å². The fourth-order valence-electron chi connectivity index (χ4n) is 1.44. The lowest BCUT2D eigenvalue weighted by Crippen LogP contribution is -2.33. The lowest BCUT2D eigenvalue weighted by atomic mass is 9.89. The molecule has 1 N–H and O–H groups in total. The SMILES string of the molecule is Cc1ccsc1C(C)(C)CNC(=O)Cl. The number of hydrogen-bond acceptors (Lipinski definition) is 2. The molecule has 0 aliphatic carbocycles. The van der Waals surface area contributed by atoms with E-state index in [1.807, 2.05) is 0 Å². The Bertz CT molecular complexity index is 333. The molecule has 1 aromatic heterocycles. The zero-order chi connectivity index (χ0) is 10.8. The number of thiophene rings is 1. The standard InChI is InChI=1S/C10H14ClNOS/c1-7-4-5-14-8(7)10(2,3)6-12-9(11)13/h4-5H,6H2,1-3H3,(H,12,13). The van der Waals surface area contributed by atoms with Crippen LogP contribution in [0, 0.1) is 6.92 Å². The van der Waals surface area contributed by atoms with Crippen LogP contribution in [0.1, 0.15) is 24.3 Å². The molecule has 1 aromatic rings. The Morgan fingerprint density at radius 1 is 1.64 bits per heavy atom. The quantitative estimate of drug-likeness (QED) is 0.628. The molecule has 0 unspecified atom stereocenters. The monoisotopic (exact) mass is 231 g/mol. The Kier molecular flexibility index (Phi) is 3.56. The van der Waals surface area contributed by atoms with Gasteiger partial charge in [0.2, 0.25) is 0 Å². The molecule has 0 saturated heterocycles. The second-order valence-corrected chi connectivity index (χ2v) is 5.20. The Morgan fingerprint density at radius 3 is 2.71 bits per heavy atom. The summed E-state index contributed by atoms with van der Waals surface area (Å²) in [5.41, 5.74) is 1.21. The summed E-state index contributed by atoms with van der Waals surface area (Å²) >= 11 is 6.95. The summed E-state index contributed by atoms with van der Waals surface area (Å²) < 4.78 is 0. The van der Waals surface area contributed by atoms with Gasteiger partial charge in [0.05, 0.1) is 0 Å². The molecule has 0 aromatic carbocycles. The van der Waals surface area contributed by atoms with Crippen LogP contribution in [0.15, 0.2) is 11.4 Å². The van der Waals surface area contributed by atoms with Crippen molar-refractivity contribution in [2.24, 2.45) is 0 Å². The lowest BCUT2D eigenvalue weighted by molar-refractivity contribution is 0.257. The van der Waals surface area contributed by atoms with E-state index in [1.54, 1.807) is 11.3 Å². The van der Waals surface area contributed by atoms with Gasteiger partial charge in [0, 0.05) is 16.8 Å². The smallest absolute Gasteiger partial charge is 0.313 e. The largest absolute Gasteiger partial charge is 0.342 e. The Morgan fingerprint density at radius 2 is 2.29 bits per heavy atom. The maximum atomic E-state index is 10.6. The van der Waals surface area contributed by atoms with Crippen molar-refractivity contribution in [2.45, 2.75) is 26.2 Å². The van der Waals surface area contributed by atoms with Crippen LogP contribution >= 0.6 is 22.9 Å². The summed E-state index contributed by atoms with van der Waals surface area (Å²) in [4.78, 5) is 11.9. The first-order valence-corrected chi connectivity index (χ1v) is 5.67. The third kappa shape index (κ3) is 2.72. The van der Waals surface area contributed by atoms with E-state index < -0.39 is 5.37 Å². The van der Waals surface area contributed by atoms with E-state index in [9.17, 15) is 4.79 Å². The normalized spacial score (nSPS) is 11.4. The van der Waals surface area contributed by atoms with Gasteiger partial charge in [0.1, 0.15) is 0 Å². The fourth-order valence-corrected chi connectivity index (χ4v) is 2.56. The fraction of sp³-hybridized carbons (Fsp3) is 0.500. The molecule has 78 valence electrons. The zero-order valence-electron chi connectivity index (χ0n) is 8.56. The molecule has 0 saturated carbocycles. The number of halogens is 1. The Hall–Kier alpha value is -0.540. The maximum absolute atomic E-state index is 10.6. The summed E-state index contributed by atoms with van der Waals surface area (Å²) in [5.74, 6) is 0. The topological polar surface area (TPSA) is 29.1 Å². The molecule has 1 heterocycles. The summed E-state index contributed by atoms with van der Waals surface area (Å²) in [6.45, 7) is 6.84. The molecular formula is C10H14ClNOS. The van der Waals surface area contributed by atoms with E-state index in [4.69, 9.17) is 11.6 Å². The average Bonchev–Trinajstić information content (AvgIpc) is 2.48. The van der Waals surface area contributed by atoms with E-state index in [0.717, 1.165) is 0 Å². The van der Waals surface area contributed by atoms with E-state index in [2.05, 4.69) is 37.5 Å². The molecule has 14 heavy (non-hydrogen) atoms. The highest BCUT2D eigenvalue weighted by molar-refractivity contribution is 7.10. The van der Waals surface area contributed by atoms with E-state index in [-0.39, 0.29) is 5.41 Å². The highest BCUT2D eigenvalue weighted by atomic mass is 35.5. The van der Waals surface area contributed by atoms with Crippen LogP contribution in [-0.4, -0.2) is 11.9 Å². The number of aryl methyl sites for hydroxylation is 1. The van der Waals surface area contributed by atoms with Gasteiger partial charge in [-0.3, -0.25) is 4.79 Å². The number of nitrogens with one attached hydrogen (secondary N) is 1. The first-order valence-electron chi connectivity index (χ1n) is 4.41. The van der Waals surface area contributed by atoms with Crippen molar-refractivity contribution >= 4 is 28.3 Å². The average molecular weight is 232 g/mol. The van der Waals surface area contributed by atoms with Gasteiger partial charge in [-0.05, 0) is 35.5 Å². The molecule has 0 radical (unpaired) electrons.